The van der Waals surface area contributed by atoms with E-state index in [0.29, 0.717) is 29.8 Å². The fourth-order valence-corrected chi connectivity index (χ4v) is 4.08. The van der Waals surface area contributed by atoms with Crippen molar-refractivity contribution >= 4 is 35.9 Å². The number of aliphatic imine (C=N–C) groups is 1. The van der Waals surface area contributed by atoms with Crippen molar-refractivity contribution in [1.29, 1.82) is 0 Å². The molecule has 2 N–H and O–H groups in total. The molecule has 182 valence electrons. The molecule has 1 heterocycles. The monoisotopic (exact) mass is 562 g/mol. The molecule has 1 aromatic carbocycles. The zero-order valence-electron chi connectivity index (χ0n) is 20.0. The minimum atomic E-state index is -0.417. The van der Waals surface area contributed by atoms with Crippen molar-refractivity contribution in [2.75, 3.05) is 54.1 Å². The number of carbonyl (C=O) groups excluding carboxylic acids is 1. The zero-order chi connectivity index (χ0) is 22.6. The average molecular weight is 562 g/mol. The van der Waals surface area contributed by atoms with E-state index in [-0.39, 0.29) is 24.0 Å². The maximum Gasteiger partial charge on any atom is 0.341 e. The number of nitrogens with zero attached hydrogens (tertiary/aromatic N) is 2. The van der Waals surface area contributed by atoms with Gasteiger partial charge < -0.3 is 24.8 Å². The van der Waals surface area contributed by atoms with E-state index in [2.05, 4.69) is 34.4 Å². The summed E-state index contributed by atoms with van der Waals surface area (Å²) >= 11 is 0. The quantitative estimate of drug-likeness (QED) is 0.196. The molecular formula is C23H39IN4O4. The van der Waals surface area contributed by atoms with Gasteiger partial charge in [-0.15, -0.1) is 24.0 Å². The van der Waals surface area contributed by atoms with Crippen LogP contribution in [-0.2, 0) is 16.0 Å². The number of hydrogen-bond donors (Lipinski definition) is 2. The third-order valence-electron chi connectivity index (χ3n) is 5.94. The summed E-state index contributed by atoms with van der Waals surface area (Å²) < 4.78 is 15.7. The first-order valence-electron chi connectivity index (χ1n) is 11.1. The lowest BCUT2D eigenvalue weighted by atomic mass is 9.92. The maximum absolute atomic E-state index is 12.0. The van der Waals surface area contributed by atoms with Crippen LogP contribution in [0, 0.1) is 5.92 Å². The van der Waals surface area contributed by atoms with Crippen molar-refractivity contribution in [1.82, 2.24) is 15.5 Å². The fraction of sp³-hybridized carbons (Fsp3) is 0.652. The predicted octanol–water partition coefficient (Wildman–Crippen LogP) is 2.90. The van der Waals surface area contributed by atoms with Crippen LogP contribution in [0.3, 0.4) is 0 Å². The lowest BCUT2D eigenvalue weighted by molar-refractivity contribution is 0.00272. The molecule has 32 heavy (non-hydrogen) atoms. The highest BCUT2D eigenvalue weighted by molar-refractivity contribution is 14.0. The van der Waals surface area contributed by atoms with Crippen LogP contribution in [0.15, 0.2) is 23.2 Å². The molecule has 1 saturated heterocycles. The minimum Gasteiger partial charge on any atom is -0.496 e. The van der Waals surface area contributed by atoms with Crippen LogP contribution in [0.1, 0.15) is 42.6 Å². The van der Waals surface area contributed by atoms with Gasteiger partial charge in [0.2, 0.25) is 0 Å². The smallest absolute Gasteiger partial charge is 0.341 e. The number of guanidine groups is 1. The van der Waals surface area contributed by atoms with E-state index < -0.39 is 5.97 Å². The van der Waals surface area contributed by atoms with E-state index in [1.165, 1.54) is 14.2 Å². The highest BCUT2D eigenvalue weighted by Crippen LogP contribution is 2.21. The average Bonchev–Trinajstić information content (AvgIpc) is 2.83. The van der Waals surface area contributed by atoms with Gasteiger partial charge >= 0.3 is 5.97 Å². The zero-order valence-corrected chi connectivity index (χ0v) is 22.3. The van der Waals surface area contributed by atoms with Gasteiger partial charge in [0.15, 0.2) is 5.96 Å². The second kappa shape index (κ2) is 15.3. The maximum atomic E-state index is 12.0. The lowest BCUT2D eigenvalue weighted by Crippen LogP contribution is -2.53. The number of morpholine rings is 1. The van der Waals surface area contributed by atoms with Crippen LogP contribution in [0.25, 0.3) is 0 Å². The number of nitrogens with one attached hydrogen (secondary N) is 2. The summed E-state index contributed by atoms with van der Waals surface area (Å²) in [6.07, 6.45) is 2.29. The van der Waals surface area contributed by atoms with Crippen LogP contribution >= 0.6 is 24.0 Å². The van der Waals surface area contributed by atoms with Gasteiger partial charge in [-0.05, 0) is 23.6 Å². The molecule has 0 radical (unpaired) electrons. The summed E-state index contributed by atoms with van der Waals surface area (Å²) in [6, 6.07) is 5.92. The number of ether oxygens (including phenoxy) is 3. The van der Waals surface area contributed by atoms with Crippen LogP contribution in [0.4, 0.5) is 0 Å². The van der Waals surface area contributed by atoms with Crippen molar-refractivity contribution in [3.05, 3.63) is 29.3 Å². The van der Waals surface area contributed by atoms with Gasteiger partial charge in [-0.3, -0.25) is 9.89 Å². The Hall–Kier alpha value is -1.59. The Morgan fingerprint density at radius 1 is 1.19 bits per heavy atom. The van der Waals surface area contributed by atoms with Crippen molar-refractivity contribution in [2.24, 2.45) is 10.9 Å². The topological polar surface area (TPSA) is 84.4 Å². The minimum absolute atomic E-state index is 0. The van der Waals surface area contributed by atoms with E-state index in [4.69, 9.17) is 14.2 Å². The normalized spacial score (nSPS) is 15.6. The number of carbonyl (C=O) groups is 1. The van der Waals surface area contributed by atoms with Gasteiger partial charge in [-0.25, -0.2) is 4.79 Å². The van der Waals surface area contributed by atoms with E-state index in [9.17, 15) is 4.79 Å². The molecule has 1 unspecified atom stereocenters. The highest BCUT2D eigenvalue weighted by Gasteiger charge is 2.27. The largest absolute Gasteiger partial charge is 0.496 e. The Kier molecular flexibility index (Phi) is 13.6. The molecule has 0 bridgehead atoms. The van der Waals surface area contributed by atoms with Crippen molar-refractivity contribution in [3.8, 4) is 5.75 Å². The molecule has 0 aliphatic carbocycles. The molecule has 8 nitrogen and oxygen atoms in total. The Balaban J connectivity index is 0.00000512. The molecule has 0 spiro atoms. The number of esters is 1. The number of halogens is 1. The Labute approximate surface area is 209 Å². The van der Waals surface area contributed by atoms with Crippen LogP contribution in [0.5, 0.6) is 5.75 Å². The number of methoxy groups -OCH3 is 2. The van der Waals surface area contributed by atoms with Gasteiger partial charge in [0.05, 0.1) is 27.4 Å². The standard InChI is InChI=1S/C23H38N4O4.HI/c1-6-18(7-2)20(27-10-12-31-13-11-27)16-26-23(24-3)25-15-17-8-9-21(29-4)19(14-17)22(28)30-5;/h8-9,14,18,20H,6-7,10-13,15-16H2,1-5H3,(H2,24,25,26);1H. The molecule has 1 aliphatic heterocycles. The van der Waals surface area contributed by atoms with Gasteiger partial charge in [0, 0.05) is 39.3 Å². The molecule has 0 aromatic heterocycles. The third-order valence-corrected chi connectivity index (χ3v) is 5.94. The summed E-state index contributed by atoms with van der Waals surface area (Å²) in [5.41, 5.74) is 1.35. The molecule has 9 heteroatoms. The van der Waals surface area contributed by atoms with Crippen LogP contribution in [-0.4, -0.2) is 77.0 Å². The molecule has 1 aromatic rings. The lowest BCUT2D eigenvalue weighted by Gasteiger charge is -2.39. The van der Waals surface area contributed by atoms with E-state index in [0.717, 1.165) is 57.2 Å². The first-order valence-corrected chi connectivity index (χ1v) is 11.1. The van der Waals surface area contributed by atoms with Crippen molar-refractivity contribution < 1.29 is 19.0 Å². The third kappa shape index (κ3) is 8.08. The Morgan fingerprint density at radius 3 is 2.44 bits per heavy atom. The molecule has 1 aliphatic rings. The van der Waals surface area contributed by atoms with Gasteiger partial charge in [0.25, 0.3) is 0 Å². The van der Waals surface area contributed by atoms with E-state index in [1.807, 2.05) is 6.07 Å². The van der Waals surface area contributed by atoms with Crippen molar-refractivity contribution in [3.63, 3.8) is 0 Å². The first kappa shape index (κ1) is 28.4. The number of benzene rings is 1. The number of hydrogen-bond acceptors (Lipinski definition) is 6. The summed E-state index contributed by atoms with van der Waals surface area (Å²) in [5.74, 6) is 1.43. The fourth-order valence-electron chi connectivity index (χ4n) is 4.08. The SMILES string of the molecule is CCC(CC)C(CNC(=NC)NCc1ccc(OC)c(C(=O)OC)c1)N1CCOCC1.I. The molecular weight excluding hydrogens is 523 g/mol. The summed E-state index contributed by atoms with van der Waals surface area (Å²) in [5, 5.41) is 6.84. The molecule has 0 amide bonds. The molecule has 1 atom stereocenters. The molecule has 0 saturated carbocycles. The van der Waals surface area contributed by atoms with Crippen molar-refractivity contribution in [2.45, 2.75) is 39.3 Å². The summed E-state index contributed by atoms with van der Waals surface area (Å²) in [4.78, 5) is 18.9. The van der Waals surface area contributed by atoms with E-state index in [1.54, 1.807) is 19.2 Å². The number of rotatable bonds is 10. The predicted molar refractivity (Wildman–Crippen MR) is 138 cm³/mol. The van der Waals surface area contributed by atoms with Crippen LogP contribution < -0.4 is 15.4 Å². The second-order valence-electron chi connectivity index (χ2n) is 7.63. The Bertz CT molecular complexity index is 722. The summed E-state index contributed by atoms with van der Waals surface area (Å²) in [7, 11) is 4.67. The van der Waals surface area contributed by atoms with Crippen LogP contribution in [0.2, 0.25) is 0 Å². The molecule has 2 rings (SSSR count). The second-order valence-corrected chi connectivity index (χ2v) is 7.63. The van der Waals surface area contributed by atoms with Gasteiger partial charge in [-0.2, -0.15) is 0 Å². The van der Waals surface area contributed by atoms with Gasteiger partial charge in [0.1, 0.15) is 11.3 Å². The first-order chi connectivity index (χ1) is 15.1. The molecule has 1 fully saturated rings. The summed E-state index contributed by atoms with van der Waals surface area (Å²) in [6.45, 7) is 9.40. The van der Waals surface area contributed by atoms with E-state index >= 15 is 0 Å². The highest BCUT2D eigenvalue weighted by atomic mass is 127. The van der Waals surface area contributed by atoms with Gasteiger partial charge in [-0.1, -0.05) is 32.8 Å². The Morgan fingerprint density at radius 2 is 1.88 bits per heavy atom.